The number of carbonyl (C=O) groups is 1. The Morgan fingerprint density at radius 2 is 2.20 bits per heavy atom. The number of ether oxygens (including phenoxy) is 1. The van der Waals surface area contributed by atoms with Crippen molar-refractivity contribution in [2.24, 2.45) is 0 Å². The van der Waals surface area contributed by atoms with E-state index >= 15 is 0 Å². The minimum atomic E-state index is -0.146. The van der Waals surface area contributed by atoms with E-state index in [1.54, 1.807) is 6.26 Å². The van der Waals surface area contributed by atoms with Crippen LogP contribution >= 0.6 is 0 Å². The zero-order valence-electron chi connectivity index (χ0n) is 14.4. The summed E-state index contributed by atoms with van der Waals surface area (Å²) in [7, 11) is 0. The Morgan fingerprint density at radius 3 is 3.04 bits per heavy atom. The van der Waals surface area contributed by atoms with Gasteiger partial charge < -0.3 is 19.0 Å². The second kappa shape index (κ2) is 6.97. The third kappa shape index (κ3) is 3.45. The van der Waals surface area contributed by atoms with Gasteiger partial charge >= 0.3 is 0 Å². The minimum absolute atomic E-state index is 0.0658. The van der Waals surface area contributed by atoms with Gasteiger partial charge in [0.15, 0.2) is 5.76 Å². The lowest BCUT2D eigenvalue weighted by Gasteiger charge is -2.27. The van der Waals surface area contributed by atoms with Crippen LogP contribution in [0.3, 0.4) is 0 Å². The van der Waals surface area contributed by atoms with Gasteiger partial charge in [-0.2, -0.15) is 0 Å². The zero-order chi connectivity index (χ0) is 17.2. The first-order valence-electron chi connectivity index (χ1n) is 8.76. The van der Waals surface area contributed by atoms with Gasteiger partial charge in [-0.05, 0) is 19.4 Å². The van der Waals surface area contributed by atoms with Crippen LogP contribution in [0.2, 0.25) is 0 Å². The molecule has 8 nitrogen and oxygen atoms in total. The standard InChI is InChI=1S/C17H23N5O3/c1-12-19-20-15-3-2-14(11-22(12)15)18-17(23)16-13(4-7-25-16)10-21-5-8-24-9-6-21/h4,7,14H,2-3,5-6,8-11H2,1H3,(H,18,23)/t14-/m0/s1. The number of hydrogen-bond donors (Lipinski definition) is 1. The lowest BCUT2D eigenvalue weighted by Crippen LogP contribution is -2.41. The SMILES string of the molecule is Cc1nnc2n1C[C@@H](NC(=O)c1occc1CN1CCOCC1)CC2. The number of carbonyl (C=O) groups excluding carboxylic acids is 1. The molecule has 0 aromatic carbocycles. The fourth-order valence-electron chi connectivity index (χ4n) is 3.49. The summed E-state index contributed by atoms with van der Waals surface area (Å²) in [6.45, 7) is 6.59. The van der Waals surface area contributed by atoms with Gasteiger partial charge in [0.25, 0.3) is 5.91 Å². The number of aryl methyl sites for hydroxylation is 2. The van der Waals surface area contributed by atoms with Crippen LogP contribution in [-0.2, 0) is 24.2 Å². The van der Waals surface area contributed by atoms with E-state index in [4.69, 9.17) is 9.15 Å². The predicted molar refractivity (Wildman–Crippen MR) is 89.1 cm³/mol. The van der Waals surface area contributed by atoms with Gasteiger partial charge in [0, 0.05) is 44.2 Å². The maximum Gasteiger partial charge on any atom is 0.287 e. The molecule has 4 rings (SSSR count). The van der Waals surface area contributed by atoms with Crippen LogP contribution in [0.4, 0.5) is 0 Å². The molecule has 1 N–H and O–H groups in total. The average molecular weight is 345 g/mol. The van der Waals surface area contributed by atoms with Crippen LogP contribution < -0.4 is 5.32 Å². The lowest BCUT2D eigenvalue weighted by molar-refractivity contribution is 0.0339. The normalized spacial score (nSPS) is 21.1. The summed E-state index contributed by atoms with van der Waals surface area (Å²) >= 11 is 0. The maximum atomic E-state index is 12.7. The smallest absolute Gasteiger partial charge is 0.287 e. The third-order valence-electron chi connectivity index (χ3n) is 4.92. The van der Waals surface area contributed by atoms with Crippen molar-refractivity contribution >= 4 is 5.91 Å². The van der Waals surface area contributed by atoms with Gasteiger partial charge in [0.2, 0.25) is 0 Å². The summed E-state index contributed by atoms with van der Waals surface area (Å²) in [5, 5.41) is 11.4. The Balaban J connectivity index is 1.40. The first-order chi connectivity index (χ1) is 12.2. The number of furan rings is 1. The number of amides is 1. The van der Waals surface area contributed by atoms with Crippen molar-refractivity contribution < 1.29 is 13.9 Å². The van der Waals surface area contributed by atoms with Crippen LogP contribution in [-0.4, -0.2) is 57.9 Å². The molecule has 8 heteroatoms. The molecule has 0 spiro atoms. The van der Waals surface area contributed by atoms with E-state index in [1.165, 1.54) is 0 Å². The van der Waals surface area contributed by atoms with Crippen LogP contribution in [0.25, 0.3) is 0 Å². The van der Waals surface area contributed by atoms with Gasteiger partial charge in [-0.3, -0.25) is 9.69 Å². The van der Waals surface area contributed by atoms with Crippen molar-refractivity contribution in [2.45, 2.75) is 38.9 Å². The molecule has 2 aromatic heterocycles. The second-order valence-corrected chi connectivity index (χ2v) is 6.65. The molecule has 1 fully saturated rings. The fraction of sp³-hybridized carbons (Fsp3) is 0.588. The van der Waals surface area contributed by atoms with Gasteiger partial charge in [-0.25, -0.2) is 0 Å². The van der Waals surface area contributed by atoms with E-state index in [9.17, 15) is 4.79 Å². The van der Waals surface area contributed by atoms with Gasteiger partial charge in [-0.1, -0.05) is 0 Å². The van der Waals surface area contributed by atoms with Crippen LogP contribution in [0.15, 0.2) is 16.7 Å². The molecule has 134 valence electrons. The van der Waals surface area contributed by atoms with E-state index in [0.29, 0.717) is 18.8 Å². The Bertz CT molecular complexity index is 747. The summed E-state index contributed by atoms with van der Waals surface area (Å²) in [4.78, 5) is 15.0. The third-order valence-corrected chi connectivity index (χ3v) is 4.92. The molecule has 1 saturated heterocycles. The molecule has 0 aliphatic carbocycles. The van der Waals surface area contributed by atoms with Crippen LogP contribution in [0.5, 0.6) is 0 Å². The molecule has 25 heavy (non-hydrogen) atoms. The number of fused-ring (bicyclic) bond motifs is 1. The maximum absolute atomic E-state index is 12.7. The molecule has 1 amide bonds. The van der Waals surface area contributed by atoms with Crippen molar-refractivity contribution in [3.63, 3.8) is 0 Å². The minimum Gasteiger partial charge on any atom is -0.459 e. The molecular formula is C17H23N5O3. The van der Waals surface area contributed by atoms with Crippen LogP contribution in [0.1, 0.15) is 34.2 Å². The Kier molecular flexibility index (Phi) is 4.54. The first-order valence-corrected chi connectivity index (χ1v) is 8.76. The number of nitrogens with zero attached hydrogens (tertiary/aromatic N) is 4. The van der Waals surface area contributed by atoms with Gasteiger partial charge in [-0.15, -0.1) is 10.2 Å². The highest BCUT2D eigenvalue weighted by Crippen LogP contribution is 2.18. The Hall–Kier alpha value is -2.19. The van der Waals surface area contributed by atoms with Crippen molar-refractivity contribution in [3.05, 3.63) is 35.3 Å². The molecule has 2 aliphatic rings. The molecular weight excluding hydrogens is 322 g/mol. The number of hydrogen-bond acceptors (Lipinski definition) is 6. The number of rotatable bonds is 4. The topological polar surface area (TPSA) is 85.4 Å². The molecule has 1 atom stereocenters. The van der Waals surface area contributed by atoms with Crippen molar-refractivity contribution in [1.29, 1.82) is 0 Å². The number of nitrogens with one attached hydrogen (secondary N) is 1. The summed E-state index contributed by atoms with van der Waals surface area (Å²) in [5.41, 5.74) is 0.927. The van der Waals surface area contributed by atoms with E-state index < -0.39 is 0 Å². The summed E-state index contributed by atoms with van der Waals surface area (Å²) < 4.78 is 12.9. The van der Waals surface area contributed by atoms with Gasteiger partial charge in [0.05, 0.1) is 19.5 Å². The highest BCUT2D eigenvalue weighted by atomic mass is 16.5. The Labute approximate surface area is 146 Å². The van der Waals surface area contributed by atoms with E-state index in [2.05, 4.69) is 25.0 Å². The first kappa shape index (κ1) is 16.3. The molecule has 0 radical (unpaired) electrons. The highest BCUT2D eigenvalue weighted by Gasteiger charge is 2.25. The molecule has 2 aromatic rings. The molecule has 0 bridgehead atoms. The summed E-state index contributed by atoms with van der Waals surface area (Å²) in [6, 6.07) is 1.95. The molecule has 2 aliphatic heterocycles. The fourth-order valence-corrected chi connectivity index (χ4v) is 3.49. The van der Waals surface area contributed by atoms with Gasteiger partial charge in [0.1, 0.15) is 11.6 Å². The van der Waals surface area contributed by atoms with E-state index in [0.717, 1.165) is 56.4 Å². The Morgan fingerprint density at radius 1 is 1.36 bits per heavy atom. The van der Waals surface area contributed by atoms with Crippen molar-refractivity contribution in [3.8, 4) is 0 Å². The second-order valence-electron chi connectivity index (χ2n) is 6.65. The van der Waals surface area contributed by atoms with Crippen molar-refractivity contribution in [2.75, 3.05) is 26.3 Å². The summed E-state index contributed by atoms with van der Waals surface area (Å²) in [6.07, 6.45) is 3.28. The quantitative estimate of drug-likeness (QED) is 0.880. The number of morpholine rings is 1. The van der Waals surface area contributed by atoms with Crippen LogP contribution in [0, 0.1) is 6.92 Å². The average Bonchev–Trinajstić information content (AvgIpc) is 3.23. The summed E-state index contributed by atoms with van der Waals surface area (Å²) in [5.74, 6) is 2.15. The van der Waals surface area contributed by atoms with E-state index in [1.807, 2.05) is 13.0 Å². The molecule has 0 saturated carbocycles. The van der Waals surface area contributed by atoms with Crippen molar-refractivity contribution in [1.82, 2.24) is 25.0 Å². The van der Waals surface area contributed by atoms with E-state index in [-0.39, 0.29) is 11.9 Å². The number of aromatic nitrogens is 3. The molecule has 4 heterocycles. The monoisotopic (exact) mass is 345 g/mol. The highest BCUT2D eigenvalue weighted by molar-refractivity contribution is 5.93. The zero-order valence-corrected chi connectivity index (χ0v) is 14.4. The largest absolute Gasteiger partial charge is 0.459 e. The molecule has 0 unspecified atom stereocenters. The predicted octanol–water partition coefficient (Wildman–Crippen LogP) is 0.757. The lowest BCUT2D eigenvalue weighted by atomic mass is 10.1.